The Morgan fingerprint density at radius 3 is 2.88 bits per heavy atom. The number of aryl methyl sites for hydroxylation is 1. The fourth-order valence-electron chi connectivity index (χ4n) is 3.24. The van der Waals surface area contributed by atoms with Crippen LogP contribution in [0.15, 0.2) is 30.5 Å². The fraction of sp³-hybridized carbons (Fsp3) is 0.471. The van der Waals surface area contributed by atoms with Gasteiger partial charge in [0.1, 0.15) is 0 Å². The van der Waals surface area contributed by atoms with Gasteiger partial charge in [0.2, 0.25) is 10.0 Å². The molecule has 1 unspecified atom stereocenters. The van der Waals surface area contributed by atoms with Gasteiger partial charge in [0.15, 0.2) is 0 Å². The zero-order valence-electron chi connectivity index (χ0n) is 14.0. The van der Waals surface area contributed by atoms with Gasteiger partial charge in [0.25, 0.3) is 5.91 Å². The lowest BCUT2D eigenvalue weighted by Crippen LogP contribution is -2.43. The number of nitrogens with one attached hydrogen (secondary N) is 1. The van der Waals surface area contributed by atoms with Gasteiger partial charge in [-0.3, -0.25) is 4.79 Å². The van der Waals surface area contributed by atoms with Gasteiger partial charge in [0, 0.05) is 44.0 Å². The molecular weight excluding hydrogens is 326 g/mol. The van der Waals surface area contributed by atoms with Gasteiger partial charge in [0.05, 0.1) is 6.26 Å². The van der Waals surface area contributed by atoms with Crippen LogP contribution >= 0.6 is 0 Å². The maximum atomic E-state index is 12.4. The molecule has 1 amide bonds. The van der Waals surface area contributed by atoms with E-state index in [2.05, 4.69) is 5.32 Å². The summed E-state index contributed by atoms with van der Waals surface area (Å²) in [7, 11) is -1.20. The summed E-state index contributed by atoms with van der Waals surface area (Å²) >= 11 is 0. The minimum atomic E-state index is -3.15. The summed E-state index contributed by atoms with van der Waals surface area (Å²) in [6.45, 7) is 1.55. The van der Waals surface area contributed by atoms with Crippen LogP contribution in [0.3, 0.4) is 0 Å². The minimum absolute atomic E-state index is 0.116. The predicted molar refractivity (Wildman–Crippen MR) is 94.4 cm³/mol. The molecule has 0 radical (unpaired) electrons. The van der Waals surface area contributed by atoms with Crippen LogP contribution in [-0.2, 0) is 17.1 Å². The predicted octanol–water partition coefficient (Wildman–Crippen LogP) is 1.58. The highest BCUT2D eigenvalue weighted by molar-refractivity contribution is 7.88. The smallest absolute Gasteiger partial charge is 0.251 e. The average molecular weight is 349 g/mol. The first-order valence-corrected chi connectivity index (χ1v) is 9.98. The first-order chi connectivity index (χ1) is 11.3. The Kier molecular flexibility index (Phi) is 4.64. The van der Waals surface area contributed by atoms with Gasteiger partial charge in [-0.1, -0.05) is 6.07 Å². The van der Waals surface area contributed by atoms with Crippen molar-refractivity contribution in [2.24, 2.45) is 13.0 Å². The highest BCUT2D eigenvalue weighted by Crippen LogP contribution is 2.19. The number of hydrogen-bond acceptors (Lipinski definition) is 3. The van der Waals surface area contributed by atoms with Gasteiger partial charge in [-0.05, 0) is 42.3 Å². The number of carbonyl (C=O) groups excluding carboxylic acids is 1. The van der Waals surface area contributed by atoms with Crippen molar-refractivity contribution in [2.45, 2.75) is 12.8 Å². The Hall–Kier alpha value is -1.86. The Balaban J connectivity index is 1.63. The van der Waals surface area contributed by atoms with Crippen molar-refractivity contribution in [1.29, 1.82) is 0 Å². The van der Waals surface area contributed by atoms with Crippen LogP contribution < -0.4 is 5.32 Å². The molecule has 0 bridgehead atoms. The van der Waals surface area contributed by atoms with E-state index in [0.29, 0.717) is 25.2 Å². The summed E-state index contributed by atoms with van der Waals surface area (Å²) in [5.74, 6) is 0.0470. The van der Waals surface area contributed by atoms with Gasteiger partial charge in [-0.2, -0.15) is 0 Å². The summed E-state index contributed by atoms with van der Waals surface area (Å²) in [5.41, 5.74) is 1.64. The molecule has 1 fully saturated rings. The normalized spacial score (nSPS) is 19.5. The van der Waals surface area contributed by atoms with Crippen LogP contribution in [0.5, 0.6) is 0 Å². The zero-order chi connectivity index (χ0) is 17.3. The number of nitrogens with zero attached hydrogens (tertiary/aromatic N) is 2. The number of piperidine rings is 1. The highest BCUT2D eigenvalue weighted by Gasteiger charge is 2.26. The van der Waals surface area contributed by atoms with Crippen molar-refractivity contribution in [1.82, 2.24) is 14.2 Å². The molecule has 1 aliphatic rings. The quantitative estimate of drug-likeness (QED) is 0.911. The monoisotopic (exact) mass is 349 g/mol. The van der Waals surface area contributed by atoms with Crippen molar-refractivity contribution in [3.05, 3.63) is 36.0 Å². The molecule has 3 rings (SSSR count). The molecule has 0 aliphatic carbocycles. The highest BCUT2D eigenvalue weighted by atomic mass is 32.2. The maximum Gasteiger partial charge on any atom is 0.251 e. The van der Waals surface area contributed by atoms with Crippen LogP contribution in [0.1, 0.15) is 23.2 Å². The average Bonchev–Trinajstić information content (AvgIpc) is 2.93. The molecule has 24 heavy (non-hydrogen) atoms. The number of rotatable bonds is 4. The molecule has 130 valence electrons. The second-order valence-corrected chi connectivity index (χ2v) is 8.52. The lowest BCUT2D eigenvalue weighted by Gasteiger charge is -2.30. The Morgan fingerprint density at radius 2 is 2.12 bits per heavy atom. The largest absolute Gasteiger partial charge is 0.352 e. The molecule has 6 nitrogen and oxygen atoms in total. The summed E-state index contributed by atoms with van der Waals surface area (Å²) in [6, 6.07) is 7.66. The molecule has 0 saturated carbocycles. The van der Waals surface area contributed by atoms with E-state index < -0.39 is 10.0 Å². The number of hydrogen-bond donors (Lipinski definition) is 1. The molecule has 1 N–H and O–H groups in total. The second-order valence-electron chi connectivity index (χ2n) is 6.54. The number of aromatic nitrogens is 1. The molecule has 1 atom stereocenters. The van der Waals surface area contributed by atoms with E-state index in [1.807, 2.05) is 42.1 Å². The van der Waals surface area contributed by atoms with E-state index in [1.165, 1.54) is 10.6 Å². The van der Waals surface area contributed by atoms with E-state index in [9.17, 15) is 13.2 Å². The lowest BCUT2D eigenvalue weighted by atomic mass is 9.99. The Bertz CT molecular complexity index is 857. The first kappa shape index (κ1) is 17.0. The summed E-state index contributed by atoms with van der Waals surface area (Å²) in [4.78, 5) is 12.4. The van der Waals surface area contributed by atoms with E-state index in [4.69, 9.17) is 0 Å². The third-order valence-electron chi connectivity index (χ3n) is 4.65. The maximum absolute atomic E-state index is 12.4. The number of fused-ring (bicyclic) bond motifs is 1. The van der Waals surface area contributed by atoms with Crippen molar-refractivity contribution in [3.63, 3.8) is 0 Å². The SMILES string of the molecule is Cn1ccc2ccc(C(=O)NCC3CCCN(S(C)(=O)=O)C3)cc21. The molecule has 1 aromatic carbocycles. The van der Waals surface area contributed by atoms with Gasteiger partial charge >= 0.3 is 0 Å². The number of carbonyl (C=O) groups is 1. The molecule has 0 spiro atoms. The Labute approximate surface area is 142 Å². The molecule has 1 aliphatic heterocycles. The topological polar surface area (TPSA) is 71.4 Å². The van der Waals surface area contributed by atoms with Crippen molar-refractivity contribution >= 4 is 26.8 Å². The first-order valence-electron chi connectivity index (χ1n) is 8.13. The van der Waals surface area contributed by atoms with Crippen LogP contribution in [0.2, 0.25) is 0 Å². The molecule has 7 heteroatoms. The van der Waals surface area contributed by atoms with Crippen LogP contribution in [0.4, 0.5) is 0 Å². The standard InChI is InChI=1S/C17H23N3O3S/c1-19-9-7-14-5-6-15(10-16(14)19)17(21)18-11-13-4-3-8-20(12-13)24(2,22)23/h5-7,9-10,13H,3-4,8,11-12H2,1-2H3,(H,18,21). The fourth-order valence-corrected chi connectivity index (χ4v) is 4.18. The van der Waals surface area contributed by atoms with E-state index in [1.54, 1.807) is 0 Å². The van der Waals surface area contributed by atoms with Crippen molar-refractivity contribution in [2.75, 3.05) is 25.9 Å². The van der Waals surface area contributed by atoms with E-state index in [0.717, 1.165) is 23.7 Å². The van der Waals surface area contributed by atoms with Crippen LogP contribution in [0, 0.1) is 5.92 Å². The van der Waals surface area contributed by atoms with E-state index >= 15 is 0 Å². The van der Waals surface area contributed by atoms with Crippen LogP contribution in [-0.4, -0.2) is 49.1 Å². The molecule has 2 heterocycles. The molecule has 1 saturated heterocycles. The number of amides is 1. The Morgan fingerprint density at radius 1 is 1.33 bits per heavy atom. The van der Waals surface area contributed by atoms with Crippen molar-refractivity contribution in [3.8, 4) is 0 Å². The molecular formula is C17H23N3O3S. The van der Waals surface area contributed by atoms with Gasteiger partial charge in [-0.15, -0.1) is 0 Å². The van der Waals surface area contributed by atoms with Crippen LogP contribution in [0.25, 0.3) is 10.9 Å². The second kappa shape index (κ2) is 6.57. The summed E-state index contributed by atoms with van der Waals surface area (Å²) < 4.78 is 26.8. The number of benzene rings is 1. The van der Waals surface area contributed by atoms with Gasteiger partial charge < -0.3 is 9.88 Å². The summed E-state index contributed by atoms with van der Waals surface area (Å²) in [5, 5.41) is 4.05. The third kappa shape index (κ3) is 3.62. The van der Waals surface area contributed by atoms with Crippen molar-refractivity contribution < 1.29 is 13.2 Å². The zero-order valence-corrected chi connectivity index (χ0v) is 14.8. The third-order valence-corrected chi connectivity index (χ3v) is 5.92. The van der Waals surface area contributed by atoms with E-state index in [-0.39, 0.29) is 11.8 Å². The molecule has 2 aromatic rings. The lowest BCUT2D eigenvalue weighted by molar-refractivity contribution is 0.0941. The molecule has 1 aromatic heterocycles. The summed E-state index contributed by atoms with van der Waals surface area (Å²) in [6.07, 6.45) is 4.98. The minimum Gasteiger partial charge on any atom is -0.352 e. The number of sulfonamides is 1. The van der Waals surface area contributed by atoms with Gasteiger partial charge in [-0.25, -0.2) is 12.7 Å².